The third-order valence-electron chi connectivity index (χ3n) is 3.93. The van der Waals surface area contributed by atoms with Gasteiger partial charge in [-0.3, -0.25) is 9.69 Å². The second-order valence-corrected chi connectivity index (χ2v) is 6.70. The minimum absolute atomic E-state index is 0.0490. The number of likely N-dealkylation sites (tertiary alicyclic amines) is 1. The summed E-state index contributed by atoms with van der Waals surface area (Å²) in [5.41, 5.74) is 3.18. The number of hydrogen-bond donors (Lipinski definition) is 0. The zero-order chi connectivity index (χ0) is 17.1. The van der Waals surface area contributed by atoms with Gasteiger partial charge in [0.15, 0.2) is 5.78 Å². The number of likely N-dealkylation sites (N-methyl/N-ethyl adjacent to an activating group) is 1. The highest BCUT2D eigenvalue weighted by Gasteiger charge is 2.24. The number of nitrogens with zero attached hydrogens (tertiary/aromatic N) is 1. The summed E-state index contributed by atoms with van der Waals surface area (Å²) < 4.78 is 0. The summed E-state index contributed by atoms with van der Waals surface area (Å²) in [6.07, 6.45) is 3.75. The van der Waals surface area contributed by atoms with Crippen LogP contribution >= 0.6 is 23.2 Å². The van der Waals surface area contributed by atoms with E-state index in [1.54, 1.807) is 0 Å². The lowest BCUT2D eigenvalue weighted by Crippen LogP contribution is -2.34. The van der Waals surface area contributed by atoms with Gasteiger partial charge in [-0.25, -0.2) is 0 Å². The molecule has 1 aliphatic heterocycles. The molecule has 3 rings (SSSR count). The number of piperidine rings is 1. The predicted octanol–water partition coefficient (Wildman–Crippen LogP) is 4.97. The molecule has 0 atom stereocenters. The summed E-state index contributed by atoms with van der Waals surface area (Å²) in [5, 5.41) is 1.28. The average Bonchev–Trinajstić information content (AvgIpc) is 2.56. The van der Waals surface area contributed by atoms with Gasteiger partial charge in [-0.2, -0.15) is 0 Å². The number of carbonyl (C=O) groups is 1. The molecule has 2 nitrogen and oxygen atoms in total. The molecule has 0 aliphatic carbocycles. The van der Waals surface area contributed by atoms with E-state index in [4.69, 9.17) is 23.2 Å². The second-order valence-electron chi connectivity index (χ2n) is 5.88. The molecule has 0 amide bonds. The molecular formula is C20H17Cl2NO. The number of Topliss-reactive ketones (excluding diaryl/α,β-unsaturated/α-hetero) is 1. The van der Waals surface area contributed by atoms with E-state index in [0.717, 1.165) is 22.3 Å². The number of benzene rings is 2. The molecule has 122 valence electrons. The molecule has 4 heteroatoms. The van der Waals surface area contributed by atoms with Crippen LogP contribution in [0.25, 0.3) is 12.2 Å². The highest BCUT2D eigenvalue weighted by molar-refractivity contribution is 6.33. The summed E-state index contributed by atoms with van der Waals surface area (Å²) in [6.45, 7) is 1.20. The molecule has 0 saturated carbocycles. The van der Waals surface area contributed by atoms with Crippen molar-refractivity contribution in [1.82, 2.24) is 4.90 Å². The summed E-state index contributed by atoms with van der Waals surface area (Å²) in [7, 11) is 1.99. The van der Waals surface area contributed by atoms with Gasteiger partial charge >= 0.3 is 0 Å². The van der Waals surface area contributed by atoms with E-state index < -0.39 is 0 Å². The van der Waals surface area contributed by atoms with E-state index >= 15 is 0 Å². The Hall–Kier alpha value is -1.87. The highest BCUT2D eigenvalue weighted by Crippen LogP contribution is 2.25. The highest BCUT2D eigenvalue weighted by atomic mass is 35.5. The fraction of sp³-hybridized carbons (Fsp3) is 0.150. The minimum atomic E-state index is 0.0490. The standard InChI is InChI=1S/C20H17Cl2NO/c1-23-12-16(10-14-6-2-4-8-18(14)21)20(24)17(13-23)11-15-7-3-5-9-19(15)22/h2-11H,12-13H2,1H3/b16-10-,17-11+. The minimum Gasteiger partial charge on any atom is -0.298 e. The molecule has 1 saturated heterocycles. The molecule has 24 heavy (non-hydrogen) atoms. The van der Waals surface area contributed by atoms with Crippen LogP contribution in [0.3, 0.4) is 0 Å². The second kappa shape index (κ2) is 7.35. The quantitative estimate of drug-likeness (QED) is 0.706. The van der Waals surface area contributed by atoms with Crippen LogP contribution < -0.4 is 0 Å². The van der Waals surface area contributed by atoms with E-state index in [9.17, 15) is 4.79 Å². The molecule has 0 bridgehead atoms. The first-order chi connectivity index (χ1) is 11.5. The maximum atomic E-state index is 12.9. The van der Waals surface area contributed by atoms with Gasteiger partial charge in [-0.05, 0) is 42.5 Å². The molecule has 0 radical (unpaired) electrons. The first-order valence-electron chi connectivity index (χ1n) is 7.68. The van der Waals surface area contributed by atoms with Crippen molar-refractivity contribution < 1.29 is 4.79 Å². The Morgan fingerprint density at radius 2 is 1.25 bits per heavy atom. The van der Waals surface area contributed by atoms with Gasteiger partial charge < -0.3 is 0 Å². The smallest absolute Gasteiger partial charge is 0.187 e. The third kappa shape index (κ3) is 3.78. The van der Waals surface area contributed by atoms with Gasteiger partial charge in [0.05, 0.1) is 0 Å². The Bertz CT molecular complexity index is 772. The molecule has 2 aromatic carbocycles. The van der Waals surface area contributed by atoms with Crippen LogP contribution in [-0.4, -0.2) is 30.8 Å². The number of hydrogen-bond acceptors (Lipinski definition) is 2. The lowest BCUT2D eigenvalue weighted by atomic mass is 9.94. The molecule has 0 N–H and O–H groups in total. The Labute approximate surface area is 152 Å². The van der Waals surface area contributed by atoms with Crippen molar-refractivity contribution in [3.63, 3.8) is 0 Å². The Morgan fingerprint density at radius 1 is 0.833 bits per heavy atom. The molecule has 0 aromatic heterocycles. The molecule has 2 aromatic rings. The van der Waals surface area contributed by atoms with Crippen molar-refractivity contribution in [2.45, 2.75) is 0 Å². The fourth-order valence-corrected chi connectivity index (χ4v) is 3.15. The van der Waals surface area contributed by atoms with Crippen LogP contribution in [0, 0.1) is 0 Å². The lowest BCUT2D eigenvalue weighted by molar-refractivity contribution is -0.113. The van der Waals surface area contributed by atoms with E-state index in [0.29, 0.717) is 23.1 Å². The van der Waals surface area contributed by atoms with Crippen LogP contribution in [0.1, 0.15) is 11.1 Å². The van der Waals surface area contributed by atoms with Crippen LogP contribution in [0.5, 0.6) is 0 Å². The Kier molecular flexibility index (Phi) is 5.20. The van der Waals surface area contributed by atoms with Crippen molar-refractivity contribution in [2.75, 3.05) is 20.1 Å². The molecule has 1 aliphatic rings. The molecule has 1 fully saturated rings. The van der Waals surface area contributed by atoms with E-state index in [1.165, 1.54) is 0 Å². The van der Waals surface area contributed by atoms with Crippen molar-refractivity contribution in [2.24, 2.45) is 0 Å². The summed E-state index contributed by atoms with van der Waals surface area (Å²) in [6, 6.07) is 15.1. The molecule has 0 unspecified atom stereocenters. The molecule has 0 spiro atoms. The largest absolute Gasteiger partial charge is 0.298 e. The summed E-state index contributed by atoms with van der Waals surface area (Å²) in [5.74, 6) is 0.0490. The van der Waals surface area contributed by atoms with Crippen molar-refractivity contribution in [3.8, 4) is 0 Å². The number of carbonyl (C=O) groups excluding carboxylic acids is 1. The van der Waals surface area contributed by atoms with Gasteiger partial charge in [0.25, 0.3) is 0 Å². The van der Waals surface area contributed by atoms with E-state index in [1.807, 2.05) is 67.7 Å². The lowest BCUT2D eigenvalue weighted by Gasteiger charge is -2.26. The van der Waals surface area contributed by atoms with Gasteiger partial charge in [0.1, 0.15) is 0 Å². The summed E-state index contributed by atoms with van der Waals surface area (Å²) >= 11 is 12.4. The summed E-state index contributed by atoms with van der Waals surface area (Å²) in [4.78, 5) is 15.0. The molecular weight excluding hydrogens is 341 g/mol. The Morgan fingerprint density at radius 3 is 1.67 bits per heavy atom. The van der Waals surface area contributed by atoms with Gasteiger partial charge in [0.2, 0.25) is 0 Å². The van der Waals surface area contributed by atoms with Crippen molar-refractivity contribution in [3.05, 3.63) is 80.8 Å². The van der Waals surface area contributed by atoms with Crippen LogP contribution in [0.4, 0.5) is 0 Å². The topological polar surface area (TPSA) is 20.3 Å². The number of rotatable bonds is 2. The number of halogens is 2. The van der Waals surface area contributed by atoms with Gasteiger partial charge in [-0.1, -0.05) is 59.6 Å². The molecule has 1 heterocycles. The first kappa shape index (κ1) is 17.0. The average molecular weight is 358 g/mol. The Balaban J connectivity index is 1.98. The predicted molar refractivity (Wildman–Crippen MR) is 101 cm³/mol. The monoisotopic (exact) mass is 357 g/mol. The SMILES string of the molecule is CN1C/C(=C/c2ccccc2Cl)C(=O)/C(=C/c2ccccc2Cl)C1. The van der Waals surface area contributed by atoms with Crippen LogP contribution in [-0.2, 0) is 4.79 Å². The van der Waals surface area contributed by atoms with E-state index in [2.05, 4.69) is 4.90 Å². The number of ketones is 1. The van der Waals surface area contributed by atoms with Crippen LogP contribution in [0.2, 0.25) is 10.0 Å². The fourth-order valence-electron chi connectivity index (χ4n) is 2.77. The van der Waals surface area contributed by atoms with Crippen LogP contribution in [0.15, 0.2) is 59.7 Å². The van der Waals surface area contributed by atoms with E-state index in [-0.39, 0.29) is 5.78 Å². The zero-order valence-corrected chi connectivity index (χ0v) is 14.8. The maximum Gasteiger partial charge on any atom is 0.187 e. The van der Waals surface area contributed by atoms with Crippen molar-refractivity contribution >= 4 is 41.1 Å². The maximum absolute atomic E-state index is 12.9. The van der Waals surface area contributed by atoms with Crippen molar-refractivity contribution in [1.29, 1.82) is 0 Å². The normalized spacial score (nSPS) is 19.2. The third-order valence-corrected chi connectivity index (χ3v) is 4.62. The van der Waals surface area contributed by atoms with Gasteiger partial charge in [0, 0.05) is 34.3 Å². The van der Waals surface area contributed by atoms with Gasteiger partial charge in [-0.15, -0.1) is 0 Å². The zero-order valence-electron chi connectivity index (χ0n) is 13.3. The first-order valence-corrected chi connectivity index (χ1v) is 8.43.